The minimum atomic E-state index is 0.626. The lowest BCUT2D eigenvalue weighted by Crippen LogP contribution is -2.14. The molecule has 0 spiro atoms. The Morgan fingerprint density at radius 1 is 1.77 bits per heavy atom. The zero-order valence-electron chi connectivity index (χ0n) is 7.97. The van der Waals surface area contributed by atoms with E-state index in [9.17, 15) is 0 Å². The summed E-state index contributed by atoms with van der Waals surface area (Å²) in [5, 5.41) is 7.93. The van der Waals surface area contributed by atoms with Gasteiger partial charge in [-0.25, -0.2) is 0 Å². The molecule has 0 unspecified atom stereocenters. The molecule has 0 aliphatic carbocycles. The standard InChI is InChI=1S/C9H14ClN3/c1-7(10)4-11-5-9-6-12-13(3)8(9)2/h6,11H,1,4-5H2,2-3H3. The third-order valence-electron chi connectivity index (χ3n) is 1.97. The highest BCUT2D eigenvalue weighted by atomic mass is 35.5. The summed E-state index contributed by atoms with van der Waals surface area (Å²) in [6.07, 6.45) is 1.86. The second kappa shape index (κ2) is 4.44. The van der Waals surface area contributed by atoms with E-state index < -0.39 is 0 Å². The summed E-state index contributed by atoms with van der Waals surface area (Å²) in [6.45, 7) is 7.06. The summed E-state index contributed by atoms with van der Waals surface area (Å²) >= 11 is 5.61. The Labute approximate surface area is 83.4 Å². The van der Waals surface area contributed by atoms with Crippen molar-refractivity contribution in [3.8, 4) is 0 Å². The number of aromatic nitrogens is 2. The van der Waals surface area contributed by atoms with Crippen LogP contribution >= 0.6 is 11.6 Å². The van der Waals surface area contributed by atoms with Crippen molar-refractivity contribution in [2.45, 2.75) is 13.5 Å². The molecule has 72 valence electrons. The van der Waals surface area contributed by atoms with Gasteiger partial charge in [-0.1, -0.05) is 18.2 Å². The van der Waals surface area contributed by atoms with Gasteiger partial charge < -0.3 is 5.32 Å². The van der Waals surface area contributed by atoms with E-state index in [2.05, 4.69) is 17.0 Å². The normalized spacial score (nSPS) is 10.4. The van der Waals surface area contributed by atoms with Crippen molar-refractivity contribution in [2.24, 2.45) is 7.05 Å². The molecule has 0 bridgehead atoms. The maximum absolute atomic E-state index is 5.61. The highest BCUT2D eigenvalue weighted by molar-refractivity contribution is 6.29. The Hall–Kier alpha value is -0.800. The number of rotatable bonds is 4. The molecule has 0 aromatic carbocycles. The minimum Gasteiger partial charge on any atom is -0.308 e. The van der Waals surface area contributed by atoms with Crippen molar-refractivity contribution in [3.63, 3.8) is 0 Å². The maximum Gasteiger partial charge on any atom is 0.0537 e. The fourth-order valence-electron chi connectivity index (χ4n) is 1.05. The molecule has 1 rings (SSSR count). The van der Waals surface area contributed by atoms with Crippen LogP contribution < -0.4 is 5.32 Å². The summed E-state index contributed by atoms with van der Waals surface area (Å²) < 4.78 is 1.85. The van der Waals surface area contributed by atoms with E-state index in [1.54, 1.807) is 0 Å². The highest BCUT2D eigenvalue weighted by Crippen LogP contribution is 2.04. The largest absolute Gasteiger partial charge is 0.308 e. The molecule has 1 N–H and O–H groups in total. The van der Waals surface area contributed by atoms with Gasteiger partial charge in [-0.3, -0.25) is 4.68 Å². The molecule has 1 aromatic heterocycles. The smallest absolute Gasteiger partial charge is 0.0537 e. The molecule has 0 fully saturated rings. The van der Waals surface area contributed by atoms with Crippen LogP contribution in [0.1, 0.15) is 11.3 Å². The van der Waals surface area contributed by atoms with E-state index in [1.165, 1.54) is 11.3 Å². The van der Waals surface area contributed by atoms with Gasteiger partial charge in [0.15, 0.2) is 0 Å². The lowest BCUT2D eigenvalue weighted by atomic mass is 10.2. The summed E-state index contributed by atoms with van der Waals surface area (Å²) in [7, 11) is 1.93. The van der Waals surface area contributed by atoms with Gasteiger partial charge in [0.05, 0.1) is 6.20 Å². The molecule has 0 saturated carbocycles. The molecule has 1 heterocycles. The number of nitrogens with zero attached hydrogens (tertiary/aromatic N) is 2. The quantitative estimate of drug-likeness (QED) is 0.798. The second-order valence-electron chi connectivity index (χ2n) is 3.00. The number of hydrogen-bond acceptors (Lipinski definition) is 2. The van der Waals surface area contributed by atoms with Crippen LogP contribution in [0.15, 0.2) is 17.8 Å². The van der Waals surface area contributed by atoms with Gasteiger partial charge in [-0.05, 0) is 6.92 Å². The maximum atomic E-state index is 5.61. The van der Waals surface area contributed by atoms with Crippen molar-refractivity contribution in [1.29, 1.82) is 0 Å². The molecule has 3 nitrogen and oxygen atoms in total. The molecular formula is C9H14ClN3. The molecule has 0 aliphatic heterocycles. The number of halogens is 1. The van der Waals surface area contributed by atoms with E-state index in [0.717, 1.165) is 6.54 Å². The van der Waals surface area contributed by atoms with Gasteiger partial charge in [0.2, 0.25) is 0 Å². The third kappa shape index (κ3) is 2.86. The van der Waals surface area contributed by atoms with E-state index in [1.807, 2.05) is 24.9 Å². The molecule has 0 aliphatic rings. The van der Waals surface area contributed by atoms with Gasteiger partial charge in [-0.15, -0.1) is 0 Å². The Morgan fingerprint density at radius 2 is 2.46 bits per heavy atom. The zero-order chi connectivity index (χ0) is 9.84. The lowest BCUT2D eigenvalue weighted by molar-refractivity contribution is 0.723. The van der Waals surface area contributed by atoms with Crippen LogP contribution in [0.5, 0.6) is 0 Å². The lowest BCUT2D eigenvalue weighted by Gasteiger charge is -2.02. The number of nitrogens with one attached hydrogen (secondary N) is 1. The predicted octanol–water partition coefficient (Wildman–Crippen LogP) is 1.57. The molecular weight excluding hydrogens is 186 g/mol. The van der Waals surface area contributed by atoms with Crippen molar-refractivity contribution in [3.05, 3.63) is 29.1 Å². The van der Waals surface area contributed by atoms with Crippen LogP contribution in [0, 0.1) is 6.92 Å². The number of hydrogen-bond donors (Lipinski definition) is 1. The minimum absolute atomic E-state index is 0.626. The van der Waals surface area contributed by atoms with Gasteiger partial charge in [-0.2, -0.15) is 5.10 Å². The van der Waals surface area contributed by atoms with Crippen LogP contribution in [0.3, 0.4) is 0 Å². The van der Waals surface area contributed by atoms with Gasteiger partial charge in [0.1, 0.15) is 0 Å². The molecule has 4 heteroatoms. The van der Waals surface area contributed by atoms with E-state index >= 15 is 0 Å². The van der Waals surface area contributed by atoms with Gasteiger partial charge >= 0.3 is 0 Å². The zero-order valence-corrected chi connectivity index (χ0v) is 8.73. The first-order valence-electron chi connectivity index (χ1n) is 4.12. The van der Waals surface area contributed by atoms with Crippen molar-refractivity contribution in [1.82, 2.24) is 15.1 Å². The van der Waals surface area contributed by atoms with Crippen molar-refractivity contribution < 1.29 is 0 Å². The Kier molecular flexibility index (Phi) is 3.51. The Bertz CT molecular complexity index is 304. The van der Waals surface area contributed by atoms with Gasteiger partial charge in [0.25, 0.3) is 0 Å². The first-order valence-corrected chi connectivity index (χ1v) is 4.50. The molecule has 0 radical (unpaired) electrons. The summed E-state index contributed by atoms with van der Waals surface area (Å²) in [5.41, 5.74) is 2.37. The van der Waals surface area contributed by atoms with E-state index in [0.29, 0.717) is 11.6 Å². The van der Waals surface area contributed by atoms with Crippen LogP contribution in [0.2, 0.25) is 0 Å². The molecule has 0 amide bonds. The van der Waals surface area contributed by atoms with E-state index in [-0.39, 0.29) is 0 Å². The Morgan fingerprint density at radius 3 is 2.92 bits per heavy atom. The van der Waals surface area contributed by atoms with E-state index in [4.69, 9.17) is 11.6 Å². The third-order valence-corrected chi connectivity index (χ3v) is 2.10. The topological polar surface area (TPSA) is 29.9 Å². The molecule has 0 saturated heterocycles. The van der Waals surface area contributed by atoms with Crippen LogP contribution in [0.4, 0.5) is 0 Å². The average molecular weight is 200 g/mol. The summed E-state index contributed by atoms with van der Waals surface area (Å²) in [5.74, 6) is 0. The average Bonchev–Trinajstić information content (AvgIpc) is 2.35. The molecule has 13 heavy (non-hydrogen) atoms. The summed E-state index contributed by atoms with van der Waals surface area (Å²) in [6, 6.07) is 0. The SMILES string of the molecule is C=C(Cl)CNCc1cnn(C)c1C. The molecule has 1 aromatic rings. The van der Waals surface area contributed by atoms with Crippen LogP contribution in [-0.4, -0.2) is 16.3 Å². The highest BCUT2D eigenvalue weighted by Gasteiger charge is 2.01. The first kappa shape index (κ1) is 10.3. The Balaban J connectivity index is 2.45. The predicted molar refractivity (Wildman–Crippen MR) is 54.6 cm³/mol. The molecule has 0 atom stereocenters. The first-order chi connectivity index (χ1) is 6.11. The van der Waals surface area contributed by atoms with Crippen molar-refractivity contribution >= 4 is 11.6 Å². The second-order valence-corrected chi connectivity index (χ2v) is 3.53. The fourth-order valence-corrected chi connectivity index (χ4v) is 1.14. The number of aryl methyl sites for hydroxylation is 1. The fraction of sp³-hybridized carbons (Fsp3) is 0.444. The van der Waals surface area contributed by atoms with Gasteiger partial charge in [0, 0.05) is 36.4 Å². The van der Waals surface area contributed by atoms with Crippen LogP contribution in [0.25, 0.3) is 0 Å². The van der Waals surface area contributed by atoms with Crippen LogP contribution in [-0.2, 0) is 13.6 Å². The van der Waals surface area contributed by atoms with Crippen molar-refractivity contribution in [2.75, 3.05) is 6.54 Å². The summed E-state index contributed by atoms with van der Waals surface area (Å²) in [4.78, 5) is 0. The monoisotopic (exact) mass is 199 g/mol.